The number of carbonyl (C=O) groups is 1. The maximum Gasteiger partial charge on any atom is 0.153 e. The fraction of sp³-hybridized carbons (Fsp3) is 0.375. The van der Waals surface area contributed by atoms with Crippen LogP contribution in [0.5, 0.6) is 0 Å². The third-order valence-electron chi connectivity index (χ3n) is 3.42. The minimum Gasteiger partial charge on any atom is -0.298 e. The lowest BCUT2D eigenvalue weighted by Crippen LogP contribution is -2.04. The average Bonchev–Trinajstić information content (AvgIpc) is 2.80. The molecule has 0 saturated heterocycles. The van der Waals surface area contributed by atoms with Crippen molar-refractivity contribution in [2.24, 2.45) is 0 Å². The summed E-state index contributed by atoms with van der Waals surface area (Å²) in [5.41, 5.74) is 4.82. The lowest BCUT2D eigenvalue weighted by Gasteiger charge is -2.08. The highest BCUT2D eigenvalue weighted by Gasteiger charge is 2.13. The summed E-state index contributed by atoms with van der Waals surface area (Å²) in [6.45, 7) is 8.34. The number of aromatic nitrogens is 2. The number of benzene rings is 1. The van der Waals surface area contributed by atoms with Gasteiger partial charge in [0.05, 0.1) is 5.56 Å². The normalized spacial score (nSPS) is 12.4. The van der Waals surface area contributed by atoms with Gasteiger partial charge in [0.15, 0.2) is 6.29 Å². The molecule has 1 unspecified atom stereocenters. The van der Waals surface area contributed by atoms with Crippen molar-refractivity contribution in [2.45, 2.75) is 40.2 Å². The molecule has 0 aliphatic carbocycles. The Kier molecular flexibility index (Phi) is 3.84. The predicted octanol–water partition coefficient (Wildman–Crippen LogP) is 3.95. The minimum absolute atomic E-state index is 0.304. The van der Waals surface area contributed by atoms with Gasteiger partial charge in [0, 0.05) is 17.8 Å². The van der Waals surface area contributed by atoms with Crippen LogP contribution in [0.1, 0.15) is 47.8 Å². The van der Waals surface area contributed by atoms with Crippen LogP contribution in [-0.4, -0.2) is 16.1 Å². The molecule has 0 fully saturated rings. The molecule has 0 aliphatic heterocycles. The van der Waals surface area contributed by atoms with Crippen molar-refractivity contribution < 1.29 is 4.79 Å². The molecule has 0 saturated carbocycles. The second kappa shape index (κ2) is 5.39. The fourth-order valence-corrected chi connectivity index (χ4v) is 2.24. The van der Waals surface area contributed by atoms with Crippen molar-refractivity contribution in [1.82, 2.24) is 9.78 Å². The summed E-state index contributed by atoms with van der Waals surface area (Å²) in [5.74, 6) is 0. The van der Waals surface area contributed by atoms with Gasteiger partial charge < -0.3 is 0 Å². The summed E-state index contributed by atoms with van der Waals surface area (Å²) in [6.07, 6.45) is 3.72. The number of nitrogens with zero attached hydrogens (tertiary/aromatic N) is 2. The van der Waals surface area contributed by atoms with E-state index in [1.165, 1.54) is 11.1 Å². The van der Waals surface area contributed by atoms with Crippen LogP contribution >= 0.6 is 0 Å². The third-order valence-corrected chi connectivity index (χ3v) is 3.42. The van der Waals surface area contributed by atoms with Crippen molar-refractivity contribution in [3.8, 4) is 11.3 Å². The Bertz CT molecular complexity index is 579. The van der Waals surface area contributed by atoms with Crippen LogP contribution in [0.2, 0.25) is 0 Å². The average molecular weight is 256 g/mol. The van der Waals surface area contributed by atoms with E-state index >= 15 is 0 Å². The highest BCUT2D eigenvalue weighted by atomic mass is 16.1. The van der Waals surface area contributed by atoms with Gasteiger partial charge in [-0.1, -0.05) is 24.1 Å². The zero-order valence-electron chi connectivity index (χ0n) is 12.0. The number of aryl methyl sites for hydroxylation is 2. The summed E-state index contributed by atoms with van der Waals surface area (Å²) >= 11 is 0. The first kappa shape index (κ1) is 13.5. The lowest BCUT2D eigenvalue weighted by atomic mass is 10.0. The topological polar surface area (TPSA) is 34.9 Å². The van der Waals surface area contributed by atoms with Gasteiger partial charge in [0.2, 0.25) is 0 Å². The quantitative estimate of drug-likeness (QED) is 0.776. The Morgan fingerprint density at radius 1 is 1.26 bits per heavy atom. The number of aldehydes is 1. The van der Waals surface area contributed by atoms with Gasteiger partial charge >= 0.3 is 0 Å². The SMILES string of the molecule is CCC(C)n1cc(C=O)c(-c2cc(C)cc(C)c2)n1. The van der Waals surface area contributed by atoms with Crippen molar-refractivity contribution in [3.63, 3.8) is 0 Å². The Morgan fingerprint density at radius 2 is 1.89 bits per heavy atom. The lowest BCUT2D eigenvalue weighted by molar-refractivity contribution is 0.112. The van der Waals surface area contributed by atoms with E-state index in [-0.39, 0.29) is 0 Å². The van der Waals surface area contributed by atoms with Gasteiger partial charge in [-0.25, -0.2) is 0 Å². The van der Waals surface area contributed by atoms with E-state index < -0.39 is 0 Å². The van der Waals surface area contributed by atoms with E-state index in [9.17, 15) is 4.79 Å². The van der Waals surface area contributed by atoms with E-state index in [1.54, 1.807) is 0 Å². The molecule has 0 aliphatic rings. The van der Waals surface area contributed by atoms with Crippen LogP contribution in [0.3, 0.4) is 0 Å². The molecule has 0 amide bonds. The first-order valence-electron chi connectivity index (χ1n) is 6.68. The van der Waals surface area contributed by atoms with Crippen LogP contribution in [0.15, 0.2) is 24.4 Å². The highest BCUT2D eigenvalue weighted by molar-refractivity contribution is 5.85. The Morgan fingerprint density at radius 3 is 2.42 bits per heavy atom. The summed E-state index contributed by atoms with van der Waals surface area (Å²) in [6, 6.07) is 6.57. The van der Waals surface area contributed by atoms with Crippen LogP contribution in [-0.2, 0) is 0 Å². The zero-order valence-corrected chi connectivity index (χ0v) is 12.0. The second-order valence-corrected chi connectivity index (χ2v) is 5.16. The Balaban J connectivity index is 2.54. The highest BCUT2D eigenvalue weighted by Crippen LogP contribution is 2.25. The Hall–Kier alpha value is -1.90. The van der Waals surface area contributed by atoms with Gasteiger partial charge in [-0.3, -0.25) is 9.48 Å². The minimum atomic E-state index is 0.304. The van der Waals surface area contributed by atoms with Gasteiger partial charge in [-0.05, 0) is 39.3 Å². The van der Waals surface area contributed by atoms with Crippen LogP contribution < -0.4 is 0 Å². The smallest absolute Gasteiger partial charge is 0.153 e. The fourth-order valence-electron chi connectivity index (χ4n) is 2.24. The molecular formula is C16H20N2O. The van der Waals surface area contributed by atoms with E-state index in [0.717, 1.165) is 24.0 Å². The molecule has 1 aromatic carbocycles. The predicted molar refractivity (Wildman–Crippen MR) is 77.5 cm³/mol. The molecular weight excluding hydrogens is 236 g/mol. The van der Waals surface area contributed by atoms with Gasteiger partial charge in [0.25, 0.3) is 0 Å². The molecule has 3 heteroatoms. The van der Waals surface area contributed by atoms with Crippen molar-refractivity contribution in [3.05, 3.63) is 41.1 Å². The molecule has 0 spiro atoms. The largest absolute Gasteiger partial charge is 0.298 e. The maximum atomic E-state index is 11.2. The van der Waals surface area contributed by atoms with Gasteiger partial charge in [-0.15, -0.1) is 0 Å². The monoisotopic (exact) mass is 256 g/mol. The summed E-state index contributed by atoms with van der Waals surface area (Å²) in [4.78, 5) is 11.2. The van der Waals surface area contributed by atoms with Crippen molar-refractivity contribution >= 4 is 6.29 Å². The van der Waals surface area contributed by atoms with Crippen molar-refractivity contribution in [2.75, 3.05) is 0 Å². The van der Waals surface area contributed by atoms with Crippen LogP contribution in [0.25, 0.3) is 11.3 Å². The summed E-state index contributed by atoms with van der Waals surface area (Å²) in [7, 11) is 0. The van der Waals surface area contributed by atoms with Crippen molar-refractivity contribution in [1.29, 1.82) is 0 Å². The van der Waals surface area contributed by atoms with E-state index in [1.807, 2.05) is 10.9 Å². The molecule has 2 rings (SSSR count). The molecule has 100 valence electrons. The second-order valence-electron chi connectivity index (χ2n) is 5.16. The third kappa shape index (κ3) is 2.75. The summed E-state index contributed by atoms with van der Waals surface area (Å²) in [5, 5.41) is 4.59. The van der Waals surface area contributed by atoms with Gasteiger partial charge in [-0.2, -0.15) is 5.10 Å². The molecule has 3 nitrogen and oxygen atoms in total. The molecule has 1 aromatic heterocycles. The zero-order chi connectivity index (χ0) is 14.0. The number of carbonyl (C=O) groups excluding carboxylic acids is 1. The standard InChI is InChI=1S/C16H20N2O/c1-5-13(4)18-9-15(10-19)16(17-18)14-7-11(2)6-12(3)8-14/h6-10,13H,5H2,1-4H3. The number of hydrogen-bond donors (Lipinski definition) is 0. The number of hydrogen-bond acceptors (Lipinski definition) is 2. The molecule has 2 aromatic rings. The molecule has 0 N–H and O–H groups in total. The van der Waals surface area contributed by atoms with Gasteiger partial charge in [0.1, 0.15) is 5.69 Å². The molecule has 1 heterocycles. The first-order valence-corrected chi connectivity index (χ1v) is 6.68. The maximum absolute atomic E-state index is 11.2. The van der Waals surface area contributed by atoms with E-state index in [4.69, 9.17) is 0 Å². The number of rotatable bonds is 4. The summed E-state index contributed by atoms with van der Waals surface area (Å²) < 4.78 is 1.89. The molecule has 19 heavy (non-hydrogen) atoms. The molecule has 0 radical (unpaired) electrons. The molecule has 1 atom stereocenters. The first-order chi connectivity index (χ1) is 9.05. The Labute approximate surface area is 114 Å². The van der Waals surface area contributed by atoms with Crippen LogP contribution in [0, 0.1) is 13.8 Å². The van der Waals surface area contributed by atoms with E-state index in [0.29, 0.717) is 11.6 Å². The molecule has 0 bridgehead atoms. The van der Waals surface area contributed by atoms with E-state index in [2.05, 4.69) is 51.0 Å². The van der Waals surface area contributed by atoms with Crippen LogP contribution in [0.4, 0.5) is 0 Å².